The van der Waals surface area contributed by atoms with Gasteiger partial charge in [0.15, 0.2) is 0 Å². The number of amides is 1. The van der Waals surface area contributed by atoms with Gasteiger partial charge >= 0.3 is 12.1 Å². The summed E-state index contributed by atoms with van der Waals surface area (Å²) in [6, 6.07) is 6.98. The molecule has 1 aromatic carbocycles. The summed E-state index contributed by atoms with van der Waals surface area (Å²) in [5, 5.41) is 14.1. The minimum absolute atomic E-state index is 0.216. The molecule has 0 aliphatic heterocycles. The van der Waals surface area contributed by atoms with Gasteiger partial charge in [-0.15, -0.1) is 0 Å². The number of aryl methyl sites for hydroxylation is 2. The van der Waals surface area contributed by atoms with E-state index in [1.54, 1.807) is 17.2 Å². The number of aliphatic carboxylic acids is 1. The molecule has 12 heteroatoms. The van der Waals surface area contributed by atoms with E-state index >= 15 is 0 Å². The van der Waals surface area contributed by atoms with Gasteiger partial charge in [0.1, 0.15) is 0 Å². The molecule has 0 spiro atoms. The van der Waals surface area contributed by atoms with Crippen LogP contribution in [0, 0.1) is 13.8 Å². The average molecular weight is 452 g/mol. The molecule has 9 nitrogen and oxygen atoms in total. The van der Waals surface area contributed by atoms with Crippen LogP contribution in [0.25, 0.3) is 5.69 Å². The Kier molecular flexibility index (Phi) is 7.76. The molecule has 1 atom stereocenters. The summed E-state index contributed by atoms with van der Waals surface area (Å²) in [6.07, 6.45) is 0.738. The molecule has 2 heterocycles. The fourth-order valence-electron chi connectivity index (χ4n) is 2.62. The number of carbonyl (C=O) groups excluding carboxylic acids is 1. The van der Waals surface area contributed by atoms with Crippen LogP contribution in [0.5, 0.6) is 0 Å². The van der Waals surface area contributed by atoms with Gasteiger partial charge in [0, 0.05) is 30.3 Å². The second-order valence-electron chi connectivity index (χ2n) is 6.96. The normalized spacial score (nSPS) is 12.0. The van der Waals surface area contributed by atoms with E-state index in [4.69, 9.17) is 15.6 Å². The predicted octanol–water partition coefficient (Wildman–Crippen LogP) is 2.36. The van der Waals surface area contributed by atoms with E-state index in [0.29, 0.717) is 12.1 Å². The number of alkyl halides is 3. The Hall–Kier alpha value is -3.67. The van der Waals surface area contributed by atoms with Gasteiger partial charge in [-0.2, -0.15) is 18.3 Å². The van der Waals surface area contributed by atoms with Crippen molar-refractivity contribution < 1.29 is 27.9 Å². The maximum absolute atomic E-state index is 12.3. The number of carboxylic acid groups (broad SMARTS) is 1. The Balaban J connectivity index is 0.000000451. The maximum atomic E-state index is 12.3. The molecule has 0 bridgehead atoms. The number of carboxylic acids is 1. The van der Waals surface area contributed by atoms with Crippen molar-refractivity contribution in [2.75, 3.05) is 5.32 Å². The lowest BCUT2D eigenvalue weighted by Gasteiger charge is -2.12. The molecular formula is C20H23F3N6O3. The van der Waals surface area contributed by atoms with Gasteiger partial charge in [-0.25, -0.2) is 9.78 Å². The smallest absolute Gasteiger partial charge is 0.475 e. The number of hydrogen-bond donors (Lipinski definition) is 3. The van der Waals surface area contributed by atoms with Crippen molar-refractivity contribution in [2.45, 2.75) is 32.5 Å². The number of carbonyl (C=O) groups is 2. The summed E-state index contributed by atoms with van der Waals surface area (Å²) in [4.78, 5) is 25.5. The van der Waals surface area contributed by atoms with Crippen LogP contribution in [-0.2, 0) is 23.1 Å². The lowest BCUT2D eigenvalue weighted by Crippen LogP contribution is -2.37. The van der Waals surface area contributed by atoms with Crippen molar-refractivity contribution in [1.82, 2.24) is 19.3 Å². The second-order valence-corrected chi connectivity index (χ2v) is 6.96. The molecule has 3 rings (SSSR count). The predicted molar refractivity (Wildman–Crippen MR) is 110 cm³/mol. The topological polar surface area (TPSA) is 128 Å². The summed E-state index contributed by atoms with van der Waals surface area (Å²) in [6.45, 7) is 4.00. The lowest BCUT2D eigenvalue weighted by molar-refractivity contribution is -0.192. The summed E-state index contributed by atoms with van der Waals surface area (Å²) in [7, 11) is 1.83. The number of hydrogen-bond acceptors (Lipinski definition) is 5. The average Bonchev–Trinajstić information content (AvgIpc) is 3.27. The van der Waals surface area contributed by atoms with Gasteiger partial charge in [0.05, 0.1) is 24.3 Å². The highest BCUT2D eigenvalue weighted by molar-refractivity contribution is 5.94. The first kappa shape index (κ1) is 24.6. The highest BCUT2D eigenvalue weighted by Crippen LogP contribution is 2.17. The third-order valence-corrected chi connectivity index (χ3v) is 4.46. The molecule has 3 aromatic rings. The van der Waals surface area contributed by atoms with Gasteiger partial charge in [-0.1, -0.05) is 0 Å². The lowest BCUT2D eigenvalue weighted by atomic mass is 10.1. The SMILES string of the molecule is Cc1ncn(-c2ccc(NC(=O)C(N)Cc3cnn(C)c3)cc2)c1C.O=C(O)C(F)(F)F. The number of benzene rings is 1. The molecule has 1 unspecified atom stereocenters. The molecule has 1 amide bonds. The Bertz CT molecular complexity index is 1070. The molecule has 0 fully saturated rings. The van der Waals surface area contributed by atoms with Crippen LogP contribution < -0.4 is 11.1 Å². The Morgan fingerprint density at radius 2 is 1.81 bits per heavy atom. The second kappa shape index (κ2) is 10.1. The Morgan fingerprint density at radius 1 is 1.22 bits per heavy atom. The van der Waals surface area contributed by atoms with E-state index < -0.39 is 18.2 Å². The minimum Gasteiger partial charge on any atom is -0.475 e. The summed E-state index contributed by atoms with van der Waals surface area (Å²) in [5.74, 6) is -2.97. The van der Waals surface area contributed by atoms with Gasteiger partial charge in [0.2, 0.25) is 5.91 Å². The zero-order valence-corrected chi connectivity index (χ0v) is 17.6. The number of rotatable bonds is 5. The quantitative estimate of drug-likeness (QED) is 0.545. The van der Waals surface area contributed by atoms with Crippen molar-refractivity contribution in [3.8, 4) is 5.69 Å². The van der Waals surface area contributed by atoms with Crippen LogP contribution in [0.15, 0.2) is 43.0 Å². The van der Waals surface area contributed by atoms with Crippen LogP contribution in [-0.4, -0.2) is 48.5 Å². The first-order valence-corrected chi connectivity index (χ1v) is 9.33. The number of anilines is 1. The zero-order chi connectivity index (χ0) is 24.1. The standard InChI is InChI=1S/C18H22N6O.C2HF3O2/c1-12-13(2)24(11-20-12)16-6-4-15(5-7-16)22-18(25)17(19)8-14-9-21-23(3)10-14;3-2(4,5)1(6)7/h4-7,9-11,17H,8,19H2,1-3H3,(H,22,25);(H,6,7). The van der Waals surface area contributed by atoms with E-state index in [-0.39, 0.29) is 5.91 Å². The van der Waals surface area contributed by atoms with E-state index in [9.17, 15) is 18.0 Å². The highest BCUT2D eigenvalue weighted by Gasteiger charge is 2.38. The monoisotopic (exact) mass is 452 g/mol. The number of nitrogens with one attached hydrogen (secondary N) is 1. The van der Waals surface area contributed by atoms with Crippen LogP contribution in [0.3, 0.4) is 0 Å². The van der Waals surface area contributed by atoms with Crippen molar-refractivity contribution in [3.63, 3.8) is 0 Å². The van der Waals surface area contributed by atoms with Gasteiger partial charge in [0.25, 0.3) is 0 Å². The number of nitrogens with zero attached hydrogens (tertiary/aromatic N) is 4. The van der Waals surface area contributed by atoms with Crippen molar-refractivity contribution in [2.24, 2.45) is 12.8 Å². The van der Waals surface area contributed by atoms with Gasteiger partial charge in [-0.3, -0.25) is 9.48 Å². The Morgan fingerprint density at radius 3 is 2.25 bits per heavy atom. The fourth-order valence-corrected chi connectivity index (χ4v) is 2.62. The van der Waals surface area contributed by atoms with Crippen molar-refractivity contribution >= 4 is 17.6 Å². The summed E-state index contributed by atoms with van der Waals surface area (Å²) >= 11 is 0. The number of nitrogens with two attached hydrogens (primary N) is 1. The van der Waals surface area contributed by atoms with Crippen LogP contribution in [0.4, 0.5) is 18.9 Å². The number of aromatic nitrogens is 4. The molecule has 32 heavy (non-hydrogen) atoms. The van der Waals surface area contributed by atoms with Crippen LogP contribution >= 0.6 is 0 Å². The van der Waals surface area contributed by atoms with E-state index in [1.807, 2.05) is 55.9 Å². The van der Waals surface area contributed by atoms with Crippen LogP contribution in [0.1, 0.15) is 17.0 Å². The third-order valence-electron chi connectivity index (χ3n) is 4.46. The number of imidazole rings is 1. The Labute approximate surface area is 181 Å². The minimum atomic E-state index is -5.08. The number of halogens is 3. The zero-order valence-electron chi connectivity index (χ0n) is 17.6. The van der Waals surface area contributed by atoms with E-state index in [2.05, 4.69) is 15.4 Å². The van der Waals surface area contributed by atoms with E-state index in [1.165, 1.54) is 0 Å². The van der Waals surface area contributed by atoms with E-state index in [0.717, 1.165) is 22.6 Å². The first-order chi connectivity index (χ1) is 14.9. The van der Waals surface area contributed by atoms with Crippen molar-refractivity contribution in [3.05, 3.63) is 59.9 Å². The molecule has 0 aliphatic rings. The van der Waals surface area contributed by atoms with Crippen molar-refractivity contribution in [1.29, 1.82) is 0 Å². The summed E-state index contributed by atoms with van der Waals surface area (Å²) in [5.41, 5.74) is 10.7. The molecule has 172 valence electrons. The molecule has 0 aliphatic carbocycles. The molecule has 0 saturated heterocycles. The molecule has 2 aromatic heterocycles. The highest BCUT2D eigenvalue weighted by atomic mass is 19.4. The van der Waals surface area contributed by atoms with Crippen LogP contribution in [0.2, 0.25) is 0 Å². The first-order valence-electron chi connectivity index (χ1n) is 9.33. The van der Waals surface area contributed by atoms with Gasteiger partial charge in [-0.05, 0) is 50.1 Å². The largest absolute Gasteiger partial charge is 0.490 e. The molecule has 0 radical (unpaired) electrons. The maximum Gasteiger partial charge on any atom is 0.490 e. The van der Waals surface area contributed by atoms with Gasteiger partial charge < -0.3 is 20.7 Å². The summed E-state index contributed by atoms with van der Waals surface area (Å²) < 4.78 is 35.4. The third kappa shape index (κ3) is 6.67. The molecular weight excluding hydrogens is 429 g/mol. The fraction of sp³-hybridized carbons (Fsp3) is 0.300. The molecule has 4 N–H and O–H groups in total. The molecule has 0 saturated carbocycles.